The van der Waals surface area contributed by atoms with Crippen LogP contribution in [0.3, 0.4) is 0 Å². The summed E-state index contributed by atoms with van der Waals surface area (Å²) in [6, 6.07) is 19.2. The van der Waals surface area contributed by atoms with E-state index < -0.39 is 0 Å². The highest BCUT2D eigenvalue weighted by Crippen LogP contribution is 2.31. The van der Waals surface area contributed by atoms with E-state index in [0.717, 1.165) is 31.1 Å². The number of hydrogen-bond acceptors (Lipinski definition) is 3. The molecule has 1 aliphatic heterocycles. The van der Waals surface area contributed by atoms with Crippen LogP contribution in [0.4, 0.5) is 0 Å². The van der Waals surface area contributed by atoms with Crippen molar-refractivity contribution in [3.8, 4) is 11.5 Å². The van der Waals surface area contributed by atoms with Gasteiger partial charge < -0.3 is 9.47 Å². The second-order valence-corrected chi connectivity index (χ2v) is 5.98. The first kappa shape index (κ1) is 15.9. The van der Waals surface area contributed by atoms with Gasteiger partial charge in [0.2, 0.25) is 0 Å². The molecule has 0 radical (unpaired) electrons. The first-order valence-corrected chi connectivity index (χ1v) is 8.42. The number of methoxy groups -OCH3 is 1. The van der Waals surface area contributed by atoms with E-state index in [1.165, 1.54) is 24.9 Å². The van der Waals surface area contributed by atoms with Gasteiger partial charge >= 0.3 is 0 Å². The Labute approximate surface area is 138 Å². The van der Waals surface area contributed by atoms with Gasteiger partial charge in [-0.1, -0.05) is 30.3 Å². The molecule has 0 saturated carbocycles. The van der Waals surface area contributed by atoms with Crippen molar-refractivity contribution in [2.24, 2.45) is 0 Å². The zero-order valence-corrected chi connectivity index (χ0v) is 13.8. The predicted molar refractivity (Wildman–Crippen MR) is 93.1 cm³/mol. The Morgan fingerprint density at radius 1 is 1.00 bits per heavy atom. The topological polar surface area (TPSA) is 21.7 Å². The quantitative estimate of drug-likeness (QED) is 0.712. The Morgan fingerprint density at radius 3 is 2.48 bits per heavy atom. The molecule has 3 nitrogen and oxygen atoms in total. The van der Waals surface area contributed by atoms with Crippen LogP contribution in [-0.4, -0.2) is 31.7 Å². The van der Waals surface area contributed by atoms with Gasteiger partial charge in [0, 0.05) is 12.6 Å². The van der Waals surface area contributed by atoms with Crippen molar-refractivity contribution in [1.29, 1.82) is 0 Å². The van der Waals surface area contributed by atoms with Crippen LogP contribution < -0.4 is 9.47 Å². The van der Waals surface area contributed by atoms with Gasteiger partial charge in [0.1, 0.15) is 11.5 Å². The molecular formula is C20H25NO2. The van der Waals surface area contributed by atoms with Crippen LogP contribution in [0.5, 0.6) is 11.5 Å². The van der Waals surface area contributed by atoms with Gasteiger partial charge in [-0.05, 0) is 55.6 Å². The number of hydrogen-bond donors (Lipinski definition) is 0. The fourth-order valence-electron chi connectivity index (χ4n) is 3.28. The van der Waals surface area contributed by atoms with Gasteiger partial charge in [0.15, 0.2) is 0 Å². The molecule has 1 fully saturated rings. The average Bonchev–Trinajstić information content (AvgIpc) is 3.08. The van der Waals surface area contributed by atoms with Gasteiger partial charge in [-0.25, -0.2) is 0 Å². The molecule has 0 aromatic heterocycles. The van der Waals surface area contributed by atoms with E-state index in [1.54, 1.807) is 7.11 Å². The Bertz CT molecular complexity index is 582. The van der Waals surface area contributed by atoms with E-state index in [1.807, 2.05) is 24.3 Å². The van der Waals surface area contributed by atoms with Crippen LogP contribution in [0.25, 0.3) is 0 Å². The summed E-state index contributed by atoms with van der Waals surface area (Å²) in [6.45, 7) is 3.04. The fraction of sp³-hybridized carbons (Fsp3) is 0.400. The molecule has 0 N–H and O–H groups in total. The van der Waals surface area contributed by atoms with Crippen molar-refractivity contribution in [2.45, 2.75) is 25.3 Å². The molecule has 1 saturated heterocycles. The summed E-state index contributed by atoms with van der Waals surface area (Å²) >= 11 is 0. The number of rotatable bonds is 7. The molecule has 0 aliphatic carbocycles. The summed E-state index contributed by atoms with van der Waals surface area (Å²) in [6.07, 6.45) is 3.61. The van der Waals surface area contributed by atoms with Gasteiger partial charge in [-0.3, -0.25) is 4.90 Å². The Balaban J connectivity index is 1.44. The summed E-state index contributed by atoms with van der Waals surface area (Å²) in [5.41, 5.74) is 1.45. The first-order valence-electron chi connectivity index (χ1n) is 8.42. The molecule has 1 heterocycles. The highest BCUT2D eigenvalue weighted by atomic mass is 16.5. The minimum absolute atomic E-state index is 0.581. The Kier molecular flexibility index (Phi) is 5.54. The van der Waals surface area contributed by atoms with Crippen molar-refractivity contribution in [3.63, 3.8) is 0 Å². The molecule has 122 valence electrons. The van der Waals surface area contributed by atoms with Gasteiger partial charge in [-0.15, -0.1) is 0 Å². The van der Waals surface area contributed by atoms with Crippen molar-refractivity contribution in [2.75, 3.05) is 26.8 Å². The summed E-state index contributed by atoms with van der Waals surface area (Å²) in [5, 5.41) is 0. The fourth-order valence-corrected chi connectivity index (χ4v) is 3.28. The minimum atomic E-state index is 0.581. The summed E-state index contributed by atoms with van der Waals surface area (Å²) in [5.74, 6) is 1.77. The molecule has 0 spiro atoms. The molecule has 3 heteroatoms. The third kappa shape index (κ3) is 4.26. The molecule has 2 aromatic carbocycles. The maximum atomic E-state index is 5.82. The van der Waals surface area contributed by atoms with Crippen LogP contribution in [-0.2, 0) is 0 Å². The van der Waals surface area contributed by atoms with Gasteiger partial charge in [0.25, 0.3) is 0 Å². The lowest BCUT2D eigenvalue weighted by molar-refractivity contribution is 0.222. The van der Waals surface area contributed by atoms with E-state index in [9.17, 15) is 0 Å². The number of ether oxygens (including phenoxy) is 2. The van der Waals surface area contributed by atoms with Crippen molar-refractivity contribution in [3.05, 3.63) is 60.2 Å². The second kappa shape index (κ2) is 8.02. The molecule has 1 unspecified atom stereocenters. The summed E-state index contributed by atoms with van der Waals surface area (Å²) < 4.78 is 11.0. The van der Waals surface area contributed by atoms with Crippen LogP contribution in [0.15, 0.2) is 54.6 Å². The number of nitrogens with zero attached hydrogens (tertiary/aromatic N) is 1. The van der Waals surface area contributed by atoms with E-state index in [4.69, 9.17) is 9.47 Å². The maximum Gasteiger partial charge on any atom is 0.119 e. The highest BCUT2D eigenvalue weighted by molar-refractivity contribution is 5.31. The van der Waals surface area contributed by atoms with Crippen LogP contribution in [0.2, 0.25) is 0 Å². The third-order valence-corrected chi connectivity index (χ3v) is 4.47. The SMILES string of the molecule is COc1ccc(OCCCN2CCCC2c2ccccc2)cc1. The van der Waals surface area contributed by atoms with Crippen molar-refractivity contribution < 1.29 is 9.47 Å². The average molecular weight is 311 g/mol. The van der Waals surface area contributed by atoms with Crippen LogP contribution in [0.1, 0.15) is 30.9 Å². The molecule has 23 heavy (non-hydrogen) atoms. The highest BCUT2D eigenvalue weighted by Gasteiger charge is 2.24. The van der Waals surface area contributed by atoms with E-state index in [0.29, 0.717) is 6.04 Å². The molecule has 0 amide bonds. The first-order chi connectivity index (χ1) is 11.4. The van der Waals surface area contributed by atoms with Gasteiger partial charge in [-0.2, -0.15) is 0 Å². The molecular weight excluding hydrogens is 286 g/mol. The lowest BCUT2D eigenvalue weighted by Crippen LogP contribution is -2.25. The van der Waals surface area contributed by atoms with Gasteiger partial charge in [0.05, 0.1) is 13.7 Å². The van der Waals surface area contributed by atoms with E-state index in [-0.39, 0.29) is 0 Å². The van der Waals surface area contributed by atoms with Crippen molar-refractivity contribution >= 4 is 0 Å². The predicted octanol–water partition coefficient (Wildman–Crippen LogP) is 4.30. The Morgan fingerprint density at radius 2 is 1.74 bits per heavy atom. The zero-order chi connectivity index (χ0) is 15.9. The van der Waals surface area contributed by atoms with E-state index in [2.05, 4.69) is 35.2 Å². The normalized spacial score (nSPS) is 18.0. The van der Waals surface area contributed by atoms with Crippen molar-refractivity contribution in [1.82, 2.24) is 4.90 Å². The maximum absolute atomic E-state index is 5.82. The second-order valence-electron chi connectivity index (χ2n) is 5.98. The number of likely N-dealkylation sites (tertiary alicyclic amines) is 1. The molecule has 3 rings (SSSR count). The summed E-state index contributed by atoms with van der Waals surface area (Å²) in [7, 11) is 1.68. The number of benzene rings is 2. The minimum Gasteiger partial charge on any atom is -0.497 e. The smallest absolute Gasteiger partial charge is 0.119 e. The molecule has 1 aliphatic rings. The Hall–Kier alpha value is -2.00. The van der Waals surface area contributed by atoms with Crippen LogP contribution >= 0.6 is 0 Å². The van der Waals surface area contributed by atoms with E-state index >= 15 is 0 Å². The lowest BCUT2D eigenvalue weighted by Gasteiger charge is -2.24. The zero-order valence-electron chi connectivity index (χ0n) is 13.8. The standard InChI is InChI=1S/C20H25NO2/c1-22-18-10-12-19(13-11-18)23-16-6-15-21-14-5-9-20(21)17-7-3-2-4-8-17/h2-4,7-8,10-13,20H,5-6,9,14-16H2,1H3. The third-order valence-electron chi connectivity index (χ3n) is 4.47. The summed E-state index contributed by atoms with van der Waals surface area (Å²) in [4.78, 5) is 2.59. The largest absolute Gasteiger partial charge is 0.497 e. The molecule has 2 aromatic rings. The molecule has 1 atom stereocenters. The lowest BCUT2D eigenvalue weighted by atomic mass is 10.0. The molecule has 0 bridgehead atoms. The monoisotopic (exact) mass is 311 g/mol. The van der Waals surface area contributed by atoms with Crippen LogP contribution in [0, 0.1) is 0 Å².